The van der Waals surface area contributed by atoms with Crippen LogP contribution in [0.25, 0.3) is 0 Å². The fourth-order valence-corrected chi connectivity index (χ4v) is 2.73. The van der Waals surface area contributed by atoms with Crippen molar-refractivity contribution in [1.82, 2.24) is 4.90 Å². The molecule has 0 aliphatic carbocycles. The molecule has 0 fully saturated rings. The molecule has 1 aromatic rings. The highest BCUT2D eigenvalue weighted by atomic mass is 35.5. The van der Waals surface area contributed by atoms with Gasteiger partial charge in [0.05, 0.1) is 11.6 Å². The van der Waals surface area contributed by atoms with Crippen LogP contribution in [0, 0.1) is 0 Å². The Hall–Kier alpha value is -0.640. The first-order valence-corrected chi connectivity index (χ1v) is 6.27. The summed E-state index contributed by atoms with van der Waals surface area (Å²) < 4.78 is 0. The molecule has 0 radical (unpaired) electrons. The van der Waals surface area contributed by atoms with Crippen molar-refractivity contribution >= 4 is 46.3 Å². The van der Waals surface area contributed by atoms with Crippen LogP contribution < -0.4 is 0 Å². The average molecular weight is 274 g/mol. The van der Waals surface area contributed by atoms with Crippen molar-refractivity contribution in [2.24, 2.45) is 0 Å². The summed E-state index contributed by atoms with van der Waals surface area (Å²) in [6.45, 7) is 0. The number of carbonyl (C=O) groups excluding carboxylic acids is 1. The fourth-order valence-electron chi connectivity index (χ4n) is 1.72. The summed E-state index contributed by atoms with van der Waals surface area (Å²) in [5.74, 6) is 0.458. The Balaban J connectivity index is 2.42. The second-order valence-corrected chi connectivity index (χ2v) is 4.49. The van der Waals surface area contributed by atoms with Gasteiger partial charge in [-0.05, 0) is 6.07 Å². The molecule has 2 nitrogen and oxygen atoms in total. The Morgan fingerprint density at radius 2 is 1.75 bits per heavy atom. The number of nitrogens with zero attached hydrogens (tertiary/aromatic N) is 1. The van der Waals surface area contributed by atoms with E-state index in [1.807, 2.05) is 18.2 Å². The summed E-state index contributed by atoms with van der Waals surface area (Å²) in [7, 11) is 0. The molecule has 0 bridgehead atoms. The van der Waals surface area contributed by atoms with E-state index in [-0.39, 0.29) is 23.7 Å². The van der Waals surface area contributed by atoms with Crippen LogP contribution in [0.4, 0.5) is 0 Å². The minimum Gasteiger partial charge on any atom is -0.293 e. The average Bonchev–Trinajstić information content (AvgIpc) is 2.57. The van der Waals surface area contributed by atoms with Gasteiger partial charge in [0.15, 0.2) is 0 Å². The van der Waals surface area contributed by atoms with Gasteiger partial charge in [0, 0.05) is 17.3 Å². The molecule has 0 atom stereocenters. The molecule has 1 heterocycles. The van der Waals surface area contributed by atoms with Crippen molar-refractivity contribution < 1.29 is 4.79 Å². The smallest absolute Gasteiger partial charge is 0.259 e. The second-order valence-electron chi connectivity index (χ2n) is 3.49. The van der Waals surface area contributed by atoms with Gasteiger partial charge in [-0.1, -0.05) is 30.4 Å². The van der Waals surface area contributed by atoms with E-state index in [9.17, 15) is 4.79 Å². The Kier molecular flexibility index (Phi) is 3.47. The number of alkyl halides is 2. The van der Waals surface area contributed by atoms with Crippen LogP contribution in [0.3, 0.4) is 0 Å². The molecule has 0 saturated carbocycles. The molecule has 0 N–H and O–H groups in total. The minimum atomic E-state index is -0.240. The Labute approximate surface area is 109 Å². The van der Waals surface area contributed by atoms with Gasteiger partial charge in [0.2, 0.25) is 0 Å². The molecule has 0 aromatic heterocycles. The monoisotopic (exact) mass is 273 g/mol. The number of halogens is 2. The summed E-state index contributed by atoms with van der Waals surface area (Å²) in [4.78, 5) is 14.1. The first kappa shape index (κ1) is 11.8. The van der Waals surface area contributed by atoms with Crippen molar-refractivity contribution in [3.63, 3.8) is 0 Å². The van der Waals surface area contributed by atoms with E-state index in [1.165, 1.54) is 4.90 Å². The van der Waals surface area contributed by atoms with Crippen molar-refractivity contribution in [3.05, 3.63) is 35.4 Å². The van der Waals surface area contributed by atoms with Gasteiger partial charge in [-0.15, -0.1) is 23.2 Å². The highest BCUT2D eigenvalue weighted by Gasteiger charge is 2.36. The third kappa shape index (κ3) is 1.73. The maximum Gasteiger partial charge on any atom is 0.259 e. The zero-order valence-electron chi connectivity index (χ0n) is 8.32. The summed E-state index contributed by atoms with van der Waals surface area (Å²) in [5, 5.41) is 0. The fraction of sp³-hybridized carbons (Fsp3) is 0.273. The van der Waals surface area contributed by atoms with E-state index < -0.39 is 0 Å². The third-order valence-corrected chi connectivity index (χ3v) is 3.68. The molecular formula is C11H9Cl2NOS. The predicted octanol–water partition coefficient (Wildman–Crippen LogP) is 2.66. The summed E-state index contributed by atoms with van der Waals surface area (Å²) in [6.07, 6.45) is 0. The minimum absolute atomic E-state index is 0.105. The zero-order chi connectivity index (χ0) is 11.7. The molecule has 0 saturated heterocycles. The largest absolute Gasteiger partial charge is 0.293 e. The molecule has 5 heteroatoms. The summed E-state index contributed by atoms with van der Waals surface area (Å²) in [5.41, 5.74) is 1.43. The van der Waals surface area contributed by atoms with Crippen molar-refractivity contribution in [1.29, 1.82) is 0 Å². The number of benzene rings is 1. The van der Waals surface area contributed by atoms with Gasteiger partial charge in [0.1, 0.15) is 4.99 Å². The van der Waals surface area contributed by atoms with Crippen LogP contribution in [-0.4, -0.2) is 33.6 Å². The van der Waals surface area contributed by atoms with Crippen LogP contribution in [0.2, 0.25) is 0 Å². The topological polar surface area (TPSA) is 20.3 Å². The van der Waals surface area contributed by atoms with Gasteiger partial charge in [-0.3, -0.25) is 9.69 Å². The van der Waals surface area contributed by atoms with Gasteiger partial charge in [-0.2, -0.15) is 0 Å². The highest BCUT2D eigenvalue weighted by Crippen LogP contribution is 2.26. The lowest BCUT2D eigenvalue weighted by Gasteiger charge is -2.23. The molecule has 16 heavy (non-hydrogen) atoms. The lowest BCUT2D eigenvalue weighted by atomic mass is 10.1. The first-order chi connectivity index (χ1) is 7.70. The number of fused-ring (bicyclic) bond motifs is 1. The molecule has 1 aromatic carbocycles. The Morgan fingerprint density at radius 3 is 2.25 bits per heavy atom. The van der Waals surface area contributed by atoms with Crippen LogP contribution in [0.5, 0.6) is 0 Å². The quantitative estimate of drug-likeness (QED) is 0.624. The number of amides is 1. The summed E-state index contributed by atoms with van der Waals surface area (Å²) >= 11 is 16.8. The van der Waals surface area contributed by atoms with E-state index in [4.69, 9.17) is 35.4 Å². The number of hydrogen-bond donors (Lipinski definition) is 0. The van der Waals surface area contributed by atoms with E-state index >= 15 is 0 Å². The van der Waals surface area contributed by atoms with Gasteiger partial charge in [-0.25, -0.2) is 0 Å². The number of thiocarbonyl (C=S) groups is 1. The molecule has 0 unspecified atom stereocenters. The molecule has 1 aliphatic rings. The van der Waals surface area contributed by atoms with Gasteiger partial charge >= 0.3 is 0 Å². The lowest BCUT2D eigenvalue weighted by Crippen LogP contribution is -2.41. The second kappa shape index (κ2) is 4.70. The van der Waals surface area contributed by atoms with Crippen molar-refractivity contribution in [2.45, 2.75) is 6.04 Å². The summed E-state index contributed by atoms with van der Waals surface area (Å²) in [6, 6.07) is 7.05. The predicted molar refractivity (Wildman–Crippen MR) is 69.5 cm³/mol. The van der Waals surface area contributed by atoms with Crippen molar-refractivity contribution in [3.8, 4) is 0 Å². The molecule has 2 rings (SSSR count). The normalized spacial score (nSPS) is 14.8. The number of carbonyl (C=O) groups is 1. The van der Waals surface area contributed by atoms with E-state index in [1.54, 1.807) is 6.07 Å². The van der Waals surface area contributed by atoms with Crippen molar-refractivity contribution in [2.75, 3.05) is 11.8 Å². The van der Waals surface area contributed by atoms with Crippen LogP contribution in [0.1, 0.15) is 15.9 Å². The first-order valence-electron chi connectivity index (χ1n) is 4.79. The van der Waals surface area contributed by atoms with Gasteiger partial charge < -0.3 is 0 Å². The molecule has 1 aliphatic heterocycles. The highest BCUT2D eigenvalue weighted by molar-refractivity contribution is 7.80. The van der Waals surface area contributed by atoms with Gasteiger partial charge in [0.25, 0.3) is 5.91 Å². The van der Waals surface area contributed by atoms with Crippen LogP contribution in [0.15, 0.2) is 24.3 Å². The maximum atomic E-state index is 12.1. The molecule has 84 valence electrons. The van der Waals surface area contributed by atoms with E-state index in [0.717, 1.165) is 5.56 Å². The van der Waals surface area contributed by atoms with E-state index in [2.05, 4.69) is 0 Å². The molecule has 0 spiro atoms. The SMILES string of the molecule is O=C1c2ccccc2C(=S)N1C(CCl)CCl. The Morgan fingerprint density at radius 1 is 1.19 bits per heavy atom. The molecular weight excluding hydrogens is 265 g/mol. The van der Waals surface area contributed by atoms with Crippen LogP contribution >= 0.6 is 35.4 Å². The standard InChI is InChI=1S/C11H9Cl2NOS/c12-5-7(6-13)14-10(15)8-3-1-2-4-9(8)11(14)16/h1-4,7H,5-6H2. The third-order valence-electron chi connectivity index (χ3n) is 2.55. The molecule has 1 amide bonds. The number of rotatable bonds is 3. The van der Waals surface area contributed by atoms with Crippen LogP contribution in [-0.2, 0) is 0 Å². The number of hydrogen-bond acceptors (Lipinski definition) is 2. The maximum absolute atomic E-state index is 12.1. The lowest BCUT2D eigenvalue weighted by molar-refractivity contribution is 0.0837. The van der Waals surface area contributed by atoms with E-state index in [0.29, 0.717) is 10.6 Å². The zero-order valence-corrected chi connectivity index (χ0v) is 10.6. The Bertz CT molecular complexity index is 410.